The Hall–Kier alpha value is -3.19. The van der Waals surface area contributed by atoms with E-state index in [0.717, 1.165) is 35.5 Å². The molecule has 4 aromatic rings. The Balaban J connectivity index is 1.35. The average molecular weight is 450 g/mol. The molecule has 0 aliphatic carbocycles. The summed E-state index contributed by atoms with van der Waals surface area (Å²) in [4.78, 5) is 12.8. The zero-order chi connectivity index (χ0) is 22.5. The number of aryl methyl sites for hydroxylation is 2. The number of carbonyl (C=O) groups is 1. The minimum atomic E-state index is -0.235. The van der Waals surface area contributed by atoms with Crippen molar-refractivity contribution in [2.45, 2.75) is 38.5 Å². The van der Waals surface area contributed by atoms with Gasteiger partial charge in [0, 0.05) is 23.5 Å². The van der Waals surface area contributed by atoms with Crippen molar-refractivity contribution in [2.24, 2.45) is 0 Å². The zero-order valence-corrected chi connectivity index (χ0v) is 18.9. The third kappa shape index (κ3) is 5.34. The maximum Gasteiger partial charge on any atom is 0.277 e. The lowest BCUT2D eigenvalue weighted by atomic mass is 10.1. The van der Waals surface area contributed by atoms with E-state index in [2.05, 4.69) is 14.8 Å². The number of carbonyl (C=O) groups excluding carboxylic acids is 1. The highest BCUT2D eigenvalue weighted by Gasteiger charge is 2.17. The monoisotopic (exact) mass is 449 g/mol. The Morgan fingerprint density at radius 2 is 1.78 bits per heavy atom. The van der Waals surface area contributed by atoms with Gasteiger partial charge in [-0.2, -0.15) is 0 Å². The Labute approximate surface area is 190 Å². The molecule has 0 spiro atoms. The van der Waals surface area contributed by atoms with Crippen LogP contribution >= 0.6 is 11.8 Å². The first-order valence-corrected chi connectivity index (χ1v) is 11.4. The molecule has 0 aliphatic rings. The van der Waals surface area contributed by atoms with Crippen LogP contribution in [-0.4, -0.2) is 26.3 Å². The SMILES string of the molecule is Cc1cc(C(=O)CSc2nnc(Cc3ccccc3)o2)c(C)n1CCc1ccc(F)cc1. The number of thioether (sulfide) groups is 1. The zero-order valence-electron chi connectivity index (χ0n) is 18.0. The van der Waals surface area contributed by atoms with Crippen molar-refractivity contribution in [1.29, 1.82) is 0 Å². The minimum Gasteiger partial charge on any atom is -0.416 e. The van der Waals surface area contributed by atoms with Crippen LogP contribution in [0.25, 0.3) is 0 Å². The Morgan fingerprint density at radius 1 is 1.03 bits per heavy atom. The first-order valence-electron chi connectivity index (χ1n) is 10.4. The highest BCUT2D eigenvalue weighted by atomic mass is 32.2. The number of halogens is 1. The summed E-state index contributed by atoms with van der Waals surface area (Å²) in [6, 6.07) is 18.4. The van der Waals surface area contributed by atoms with Crippen molar-refractivity contribution in [3.63, 3.8) is 0 Å². The summed E-state index contributed by atoms with van der Waals surface area (Å²) in [5.74, 6) is 0.555. The number of hydrogen-bond donors (Lipinski definition) is 0. The third-order valence-corrected chi connectivity index (χ3v) is 6.20. The number of aromatic nitrogens is 3. The molecule has 2 aromatic carbocycles. The predicted octanol–water partition coefficient (Wildman–Crippen LogP) is 5.44. The van der Waals surface area contributed by atoms with E-state index in [1.165, 1.54) is 23.9 Å². The molecule has 0 amide bonds. The summed E-state index contributed by atoms with van der Waals surface area (Å²) in [6.07, 6.45) is 1.34. The topological polar surface area (TPSA) is 60.9 Å². The quantitative estimate of drug-likeness (QED) is 0.252. The molecule has 2 heterocycles. The second-order valence-corrected chi connectivity index (χ2v) is 8.58. The molecule has 4 rings (SSSR count). The molecular formula is C25H24FN3O2S. The summed E-state index contributed by atoms with van der Waals surface area (Å²) >= 11 is 1.26. The van der Waals surface area contributed by atoms with Gasteiger partial charge >= 0.3 is 0 Å². The van der Waals surface area contributed by atoms with E-state index >= 15 is 0 Å². The normalized spacial score (nSPS) is 11.1. The van der Waals surface area contributed by atoms with Crippen LogP contribution in [0.2, 0.25) is 0 Å². The van der Waals surface area contributed by atoms with E-state index in [0.29, 0.717) is 23.1 Å². The van der Waals surface area contributed by atoms with E-state index in [1.807, 2.05) is 50.2 Å². The molecule has 0 N–H and O–H groups in total. The van der Waals surface area contributed by atoms with E-state index in [1.54, 1.807) is 12.1 Å². The Morgan fingerprint density at radius 3 is 2.53 bits per heavy atom. The lowest BCUT2D eigenvalue weighted by Gasteiger charge is -2.10. The van der Waals surface area contributed by atoms with Gasteiger partial charge in [0.25, 0.3) is 5.22 Å². The molecule has 0 aliphatic heterocycles. The largest absolute Gasteiger partial charge is 0.416 e. The minimum absolute atomic E-state index is 0.0268. The number of nitrogens with zero attached hydrogens (tertiary/aromatic N) is 3. The van der Waals surface area contributed by atoms with Crippen LogP contribution < -0.4 is 0 Å². The van der Waals surface area contributed by atoms with Crippen molar-refractivity contribution in [3.8, 4) is 0 Å². The van der Waals surface area contributed by atoms with Gasteiger partial charge in [0.15, 0.2) is 5.78 Å². The first kappa shape index (κ1) is 22.0. The highest BCUT2D eigenvalue weighted by molar-refractivity contribution is 7.99. The smallest absolute Gasteiger partial charge is 0.277 e. The van der Waals surface area contributed by atoms with Gasteiger partial charge in [0.2, 0.25) is 5.89 Å². The van der Waals surface area contributed by atoms with Gasteiger partial charge in [-0.15, -0.1) is 10.2 Å². The Kier molecular flexibility index (Phi) is 6.85. The summed E-state index contributed by atoms with van der Waals surface area (Å²) in [5, 5.41) is 8.53. The molecule has 7 heteroatoms. The molecular weight excluding hydrogens is 425 g/mol. The maximum atomic E-state index is 13.1. The molecule has 0 bridgehead atoms. The van der Waals surface area contributed by atoms with Crippen molar-refractivity contribution in [3.05, 3.63) is 100 Å². The van der Waals surface area contributed by atoms with E-state index in [9.17, 15) is 9.18 Å². The summed E-state index contributed by atoms with van der Waals surface area (Å²) in [6.45, 7) is 4.69. The van der Waals surface area contributed by atoms with Crippen LogP contribution in [-0.2, 0) is 19.4 Å². The molecule has 0 atom stereocenters. The van der Waals surface area contributed by atoms with Crippen LogP contribution in [0.4, 0.5) is 4.39 Å². The second kappa shape index (κ2) is 9.96. The highest BCUT2D eigenvalue weighted by Crippen LogP contribution is 2.22. The molecule has 0 fully saturated rings. The van der Waals surface area contributed by atoms with Crippen LogP contribution in [0.1, 0.15) is 38.8 Å². The summed E-state index contributed by atoms with van der Waals surface area (Å²) < 4.78 is 20.9. The van der Waals surface area contributed by atoms with Gasteiger partial charge in [0.1, 0.15) is 5.82 Å². The fraction of sp³-hybridized carbons (Fsp3) is 0.240. The van der Waals surface area contributed by atoms with Crippen molar-refractivity contribution in [2.75, 3.05) is 5.75 Å². The molecule has 164 valence electrons. The van der Waals surface area contributed by atoms with Crippen molar-refractivity contribution >= 4 is 17.5 Å². The number of benzene rings is 2. The number of rotatable bonds is 9. The average Bonchev–Trinajstić information content (AvgIpc) is 3.36. The summed E-state index contributed by atoms with van der Waals surface area (Å²) in [7, 11) is 0. The first-order chi connectivity index (χ1) is 15.5. The summed E-state index contributed by atoms with van der Waals surface area (Å²) in [5.41, 5.74) is 4.83. The molecule has 0 radical (unpaired) electrons. The molecule has 32 heavy (non-hydrogen) atoms. The van der Waals surface area contributed by atoms with Gasteiger partial charge < -0.3 is 8.98 Å². The number of ketones is 1. The molecule has 0 saturated heterocycles. The molecule has 0 unspecified atom stereocenters. The van der Waals surface area contributed by atoms with Crippen LogP contribution in [0, 0.1) is 19.7 Å². The second-order valence-electron chi connectivity index (χ2n) is 7.65. The Bertz CT molecular complexity index is 1200. The van der Waals surface area contributed by atoms with Gasteiger partial charge in [-0.3, -0.25) is 4.79 Å². The maximum absolute atomic E-state index is 13.1. The molecule has 5 nitrogen and oxygen atoms in total. The molecule has 2 aromatic heterocycles. The lowest BCUT2D eigenvalue weighted by Crippen LogP contribution is -2.08. The van der Waals surface area contributed by atoms with E-state index in [-0.39, 0.29) is 17.4 Å². The number of hydrogen-bond acceptors (Lipinski definition) is 5. The lowest BCUT2D eigenvalue weighted by molar-refractivity contribution is 0.102. The van der Waals surface area contributed by atoms with Gasteiger partial charge in [-0.1, -0.05) is 54.2 Å². The van der Waals surface area contributed by atoms with Gasteiger partial charge in [-0.05, 0) is 49.6 Å². The van der Waals surface area contributed by atoms with Crippen molar-refractivity contribution in [1.82, 2.24) is 14.8 Å². The van der Waals surface area contributed by atoms with E-state index < -0.39 is 0 Å². The van der Waals surface area contributed by atoms with Crippen LogP contribution in [0.15, 0.2) is 70.3 Å². The standard InChI is InChI=1S/C25H24FN3O2S/c1-17-14-22(18(2)29(17)13-12-19-8-10-21(26)11-9-19)23(30)16-32-25-28-27-24(31-25)15-20-6-4-3-5-7-20/h3-11,14H,12-13,15-16H2,1-2H3. The van der Waals surface area contributed by atoms with E-state index in [4.69, 9.17) is 4.42 Å². The fourth-order valence-corrected chi connectivity index (χ4v) is 4.33. The van der Waals surface area contributed by atoms with Crippen LogP contribution in [0.5, 0.6) is 0 Å². The van der Waals surface area contributed by atoms with Gasteiger partial charge in [-0.25, -0.2) is 4.39 Å². The molecule has 0 saturated carbocycles. The number of Topliss-reactive ketones (excluding diaryl/α,β-unsaturated/α-hetero) is 1. The van der Waals surface area contributed by atoms with Crippen molar-refractivity contribution < 1.29 is 13.6 Å². The van der Waals surface area contributed by atoms with Crippen LogP contribution in [0.3, 0.4) is 0 Å². The van der Waals surface area contributed by atoms with Gasteiger partial charge in [0.05, 0.1) is 12.2 Å². The third-order valence-electron chi connectivity index (χ3n) is 5.38. The fourth-order valence-electron chi connectivity index (χ4n) is 3.66. The predicted molar refractivity (Wildman–Crippen MR) is 123 cm³/mol.